The second-order valence-corrected chi connectivity index (χ2v) is 6.75. The van der Waals surface area contributed by atoms with Crippen molar-refractivity contribution in [2.24, 2.45) is 0 Å². The smallest absolute Gasteiger partial charge is 0.305 e. The van der Waals surface area contributed by atoms with E-state index in [4.69, 9.17) is 5.11 Å². The maximum atomic E-state index is 10.9. The number of hydrogen-bond donors (Lipinski definition) is 2. The molecule has 0 radical (unpaired) electrons. The first-order chi connectivity index (χ1) is 8.31. The van der Waals surface area contributed by atoms with E-state index in [-0.39, 0.29) is 17.4 Å². The maximum Gasteiger partial charge on any atom is 0.305 e. The number of anilines is 1. The number of nitrogens with zero attached hydrogens (tertiary/aromatic N) is 2. The molecular weight excluding hydrogens is 250 g/mol. The molecule has 0 amide bonds. The summed E-state index contributed by atoms with van der Waals surface area (Å²) in [6, 6.07) is 0. The minimum absolute atomic E-state index is 0.0734. The van der Waals surface area contributed by atoms with Gasteiger partial charge in [0.25, 0.3) is 0 Å². The third-order valence-electron chi connectivity index (χ3n) is 3.27. The molecule has 2 N–H and O–H groups in total. The van der Waals surface area contributed by atoms with Crippen LogP contribution in [-0.2, 0) is 10.2 Å². The fourth-order valence-corrected chi connectivity index (χ4v) is 2.92. The number of aliphatic carboxylic acids is 1. The lowest BCUT2D eigenvalue weighted by Crippen LogP contribution is -2.46. The Morgan fingerprint density at radius 3 is 2.56 bits per heavy atom. The van der Waals surface area contributed by atoms with Crippen molar-refractivity contribution in [1.29, 1.82) is 0 Å². The minimum atomic E-state index is -0.761. The lowest BCUT2D eigenvalue weighted by atomic mass is 9.74. The molecule has 6 heteroatoms. The Bertz CT molecular complexity index is 446. The van der Waals surface area contributed by atoms with E-state index in [9.17, 15) is 4.79 Å². The van der Waals surface area contributed by atoms with Gasteiger partial charge in [-0.1, -0.05) is 20.8 Å². The van der Waals surface area contributed by atoms with Crippen LogP contribution >= 0.6 is 11.5 Å². The summed E-state index contributed by atoms with van der Waals surface area (Å²) >= 11 is 1.31. The van der Waals surface area contributed by atoms with Gasteiger partial charge >= 0.3 is 5.97 Å². The van der Waals surface area contributed by atoms with Crippen LogP contribution in [0.1, 0.15) is 52.3 Å². The zero-order valence-electron chi connectivity index (χ0n) is 11.0. The number of carboxylic acids is 1. The van der Waals surface area contributed by atoms with Crippen molar-refractivity contribution in [3.63, 3.8) is 0 Å². The number of rotatable bonds is 4. The lowest BCUT2D eigenvalue weighted by Gasteiger charge is -2.41. The maximum absolute atomic E-state index is 10.9. The van der Waals surface area contributed by atoms with Crippen molar-refractivity contribution in [2.45, 2.75) is 57.4 Å². The summed E-state index contributed by atoms with van der Waals surface area (Å²) in [6.07, 6.45) is 3.01. The highest BCUT2D eigenvalue weighted by molar-refractivity contribution is 7.09. The van der Waals surface area contributed by atoms with Gasteiger partial charge < -0.3 is 10.4 Å². The van der Waals surface area contributed by atoms with Gasteiger partial charge in [-0.25, -0.2) is 4.98 Å². The molecule has 0 atom stereocenters. The van der Waals surface area contributed by atoms with Crippen molar-refractivity contribution in [2.75, 3.05) is 5.32 Å². The van der Waals surface area contributed by atoms with Crippen molar-refractivity contribution in [3.05, 3.63) is 5.82 Å². The van der Waals surface area contributed by atoms with E-state index in [0.29, 0.717) is 0 Å². The summed E-state index contributed by atoms with van der Waals surface area (Å²) in [5.41, 5.74) is -0.378. The van der Waals surface area contributed by atoms with Crippen LogP contribution in [0.15, 0.2) is 0 Å². The predicted molar refractivity (Wildman–Crippen MR) is 71.1 cm³/mol. The molecular formula is C12H19N3O2S. The standard InChI is InChI=1S/C12H19N3O2S/c1-11(2,3)9-13-10(18-15-9)14-12(5-4-6-12)7-8(16)17/h4-7H2,1-3H3,(H,16,17)(H,13,14,15). The summed E-state index contributed by atoms with van der Waals surface area (Å²) < 4.78 is 4.33. The SMILES string of the molecule is CC(C)(C)c1nsc(NC2(CC(=O)O)CCC2)n1. The normalized spacial score (nSPS) is 18.2. The largest absolute Gasteiger partial charge is 0.481 e. The van der Waals surface area contributed by atoms with Gasteiger partial charge in [0.2, 0.25) is 5.13 Å². The summed E-state index contributed by atoms with van der Waals surface area (Å²) in [7, 11) is 0. The van der Waals surface area contributed by atoms with E-state index in [1.165, 1.54) is 11.5 Å². The zero-order chi connectivity index (χ0) is 13.4. The fourth-order valence-electron chi connectivity index (χ4n) is 2.04. The van der Waals surface area contributed by atoms with Crippen LogP contribution < -0.4 is 5.32 Å². The predicted octanol–water partition coefficient (Wildman–Crippen LogP) is 2.64. The quantitative estimate of drug-likeness (QED) is 0.879. The molecule has 1 heterocycles. The van der Waals surface area contributed by atoms with Gasteiger partial charge in [0, 0.05) is 16.9 Å². The van der Waals surface area contributed by atoms with Crippen molar-refractivity contribution in [1.82, 2.24) is 9.36 Å². The van der Waals surface area contributed by atoms with Crippen LogP contribution in [0.3, 0.4) is 0 Å². The van der Waals surface area contributed by atoms with E-state index < -0.39 is 5.97 Å². The van der Waals surface area contributed by atoms with Crippen LogP contribution in [-0.4, -0.2) is 26.0 Å². The van der Waals surface area contributed by atoms with Gasteiger partial charge in [0.15, 0.2) is 0 Å². The van der Waals surface area contributed by atoms with E-state index >= 15 is 0 Å². The number of aromatic nitrogens is 2. The molecule has 0 bridgehead atoms. The number of nitrogens with one attached hydrogen (secondary N) is 1. The van der Waals surface area contributed by atoms with Gasteiger partial charge in [0.1, 0.15) is 5.82 Å². The van der Waals surface area contributed by atoms with E-state index in [2.05, 4.69) is 35.4 Å². The number of carbonyl (C=O) groups is 1. The number of carboxylic acid groups (broad SMARTS) is 1. The van der Waals surface area contributed by atoms with Gasteiger partial charge in [-0.15, -0.1) is 0 Å². The van der Waals surface area contributed by atoms with Crippen molar-refractivity contribution < 1.29 is 9.90 Å². The second-order valence-electron chi connectivity index (χ2n) is 6.00. The Morgan fingerprint density at radius 2 is 2.17 bits per heavy atom. The molecule has 1 aliphatic rings. The summed E-state index contributed by atoms with van der Waals surface area (Å²) in [5.74, 6) is 0.0440. The van der Waals surface area contributed by atoms with Crippen LogP contribution in [0.4, 0.5) is 5.13 Å². The first-order valence-electron chi connectivity index (χ1n) is 6.15. The molecule has 5 nitrogen and oxygen atoms in total. The van der Waals surface area contributed by atoms with E-state index in [1.54, 1.807) is 0 Å². The third-order valence-corrected chi connectivity index (χ3v) is 3.90. The Hall–Kier alpha value is -1.17. The Kier molecular flexibility index (Phi) is 3.31. The molecule has 0 unspecified atom stereocenters. The van der Waals surface area contributed by atoms with Gasteiger partial charge in [-0.2, -0.15) is 4.37 Å². The fraction of sp³-hybridized carbons (Fsp3) is 0.750. The van der Waals surface area contributed by atoms with Crippen molar-refractivity contribution in [3.8, 4) is 0 Å². The van der Waals surface area contributed by atoms with Crippen molar-refractivity contribution >= 4 is 22.6 Å². The third kappa shape index (κ3) is 2.80. The molecule has 18 heavy (non-hydrogen) atoms. The Morgan fingerprint density at radius 1 is 1.50 bits per heavy atom. The summed E-state index contributed by atoms with van der Waals surface area (Å²) in [6.45, 7) is 6.19. The number of hydrogen-bond acceptors (Lipinski definition) is 5. The minimum Gasteiger partial charge on any atom is -0.481 e. The molecule has 2 rings (SSSR count). The van der Waals surface area contributed by atoms with Gasteiger partial charge in [0.05, 0.1) is 12.0 Å². The molecule has 1 fully saturated rings. The second kappa shape index (κ2) is 4.50. The highest BCUT2D eigenvalue weighted by Crippen LogP contribution is 2.38. The highest BCUT2D eigenvalue weighted by atomic mass is 32.1. The topological polar surface area (TPSA) is 75.1 Å². The molecule has 0 saturated heterocycles. The average Bonchev–Trinajstić information content (AvgIpc) is 2.61. The molecule has 1 aromatic heterocycles. The first kappa shape index (κ1) is 13.3. The van der Waals surface area contributed by atoms with E-state index in [0.717, 1.165) is 30.2 Å². The van der Waals surface area contributed by atoms with Crippen LogP contribution in [0.25, 0.3) is 0 Å². The van der Waals surface area contributed by atoms with Crippen LogP contribution in [0.5, 0.6) is 0 Å². The zero-order valence-corrected chi connectivity index (χ0v) is 11.8. The monoisotopic (exact) mass is 269 g/mol. The molecule has 1 aromatic rings. The molecule has 100 valence electrons. The molecule has 0 aromatic carbocycles. The van der Waals surface area contributed by atoms with Gasteiger partial charge in [-0.3, -0.25) is 4.79 Å². The average molecular weight is 269 g/mol. The summed E-state index contributed by atoms with van der Waals surface area (Å²) in [5, 5.41) is 13.0. The van der Waals surface area contributed by atoms with Crippen LogP contribution in [0.2, 0.25) is 0 Å². The lowest BCUT2D eigenvalue weighted by molar-refractivity contribution is -0.138. The molecule has 1 saturated carbocycles. The summed E-state index contributed by atoms with van der Waals surface area (Å²) in [4.78, 5) is 15.3. The molecule has 0 aliphatic heterocycles. The first-order valence-corrected chi connectivity index (χ1v) is 6.92. The highest BCUT2D eigenvalue weighted by Gasteiger charge is 2.40. The van der Waals surface area contributed by atoms with Crippen LogP contribution in [0, 0.1) is 0 Å². The molecule has 0 spiro atoms. The van der Waals surface area contributed by atoms with E-state index in [1.807, 2.05) is 0 Å². The Labute approximate surface area is 111 Å². The van der Waals surface area contributed by atoms with Gasteiger partial charge in [-0.05, 0) is 19.3 Å². The Balaban J connectivity index is 2.09. The molecule has 1 aliphatic carbocycles.